The lowest BCUT2D eigenvalue weighted by Gasteiger charge is -2.24. The molecule has 0 spiro atoms. The Kier molecular flexibility index (Phi) is 5.18. The number of anilines is 1. The summed E-state index contributed by atoms with van der Waals surface area (Å²) in [6.45, 7) is 5.32. The average Bonchev–Trinajstić information content (AvgIpc) is 2.37. The van der Waals surface area contributed by atoms with Crippen molar-refractivity contribution in [2.24, 2.45) is 5.41 Å². The van der Waals surface area contributed by atoms with Gasteiger partial charge in [-0.05, 0) is 30.0 Å². The number of nitrogens with two attached hydrogens (primary N) is 1. The van der Waals surface area contributed by atoms with Gasteiger partial charge in [-0.2, -0.15) is 0 Å². The van der Waals surface area contributed by atoms with Crippen LogP contribution in [-0.4, -0.2) is 31.3 Å². The standard InChI is InChI=1S/C14H22N2O3/c1-14(2,6-7-19-3)9-16-13(18)10-4-5-11(15)12(17)8-10/h4-5,8,17H,6-7,9,15H2,1-3H3,(H,16,18). The number of phenols is 1. The highest BCUT2D eigenvalue weighted by Crippen LogP contribution is 2.21. The van der Waals surface area contributed by atoms with E-state index in [9.17, 15) is 9.90 Å². The van der Waals surface area contributed by atoms with Gasteiger partial charge in [-0.25, -0.2) is 0 Å². The monoisotopic (exact) mass is 266 g/mol. The second kappa shape index (κ2) is 6.43. The topological polar surface area (TPSA) is 84.6 Å². The number of amides is 1. The van der Waals surface area contributed by atoms with Gasteiger partial charge >= 0.3 is 0 Å². The van der Waals surface area contributed by atoms with Crippen LogP contribution in [0.1, 0.15) is 30.6 Å². The average molecular weight is 266 g/mol. The molecule has 0 saturated carbocycles. The van der Waals surface area contributed by atoms with Crippen molar-refractivity contribution in [1.29, 1.82) is 0 Å². The molecule has 5 nitrogen and oxygen atoms in total. The minimum Gasteiger partial charge on any atom is -0.506 e. The maximum Gasteiger partial charge on any atom is 0.251 e. The fraction of sp³-hybridized carbons (Fsp3) is 0.500. The molecule has 0 bridgehead atoms. The summed E-state index contributed by atoms with van der Waals surface area (Å²) in [5.41, 5.74) is 6.11. The van der Waals surface area contributed by atoms with Gasteiger partial charge in [-0.1, -0.05) is 13.8 Å². The Morgan fingerprint density at radius 1 is 1.47 bits per heavy atom. The summed E-state index contributed by atoms with van der Waals surface area (Å²) in [6.07, 6.45) is 0.858. The van der Waals surface area contributed by atoms with Crippen LogP contribution >= 0.6 is 0 Å². The summed E-state index contributed by atoms with van der Waals surface area (Å²) < 4.78 is 5.04. The van der Waals surface area contributed by atoms with Crippen molar-refractivity contribution in [1.82, 2.24) is 5.32 Å². The minimum atomic E-state index is -0.221. The molecule has 4 N–H and O–H groups in total. The number of carbonyl (C=O) groups is 1. The van der Waals surface area contributed by atoms with E-state index < -0.39 is 0 Å². The van der Waals surface area contributed by atoms with Crippen LogP contribution in [-0.2, 0) is 4.74 Å². The molecule has 0 aliphatic carbocycles. The van der Waals surface area contributed by atoms with E-state index in [4.69, 9.17) is 10.5 Å². The van der Waals surface area contributed by atoms with Crippen molar-refractivity contribution in [3.05, 3.63) is 23.8 Å². The number of hydrogen-bond donors (Lipinski definition) is 3. The Morgan fingerprint density at radius 2 is 2.16 bits per heavy atom. The number of aromatic hydroxyl groups is 1. The number of carbonyl (C=O) groups excluding carboxylic acids is 1. The van der Waals surface area contributed by atoms with Gasteiger partial charge < -0.3 is 20.9 Å². The lowest BCUT2D eigenvalue weighted by molar-refractivity contribution is 0.0920. The van der Waals surface area contributed by atoms with Gasteiger partial charge in [0.1, 0.15) is 5.75 Å². The van der Waals surface area contributed by atoms with E-state index in [2.05, 4.69) is 19.2 Å². The first-order valence-electron chi connectivity index (χ1n) is 6.21. The van der Waals surface area contributed by atoms with Gasteiger partial charge in [-0.15, -0.1) is 0 Å². The van der Waals surface area contributed by atoms with Crippen LogP contribution < -0.4 is 11.1 Å². The van der Waals surface area contributed by atoms with Crippen molar-refractivity contribution in [3.63, 3.8) is 0 Å². The molecule has 19 heavy (non-hydrogen) atoms. The van der Waals surface area contributed by atoms with Crippen LogP contribution in [0.3, 0.4) is 0 Å². The Morgan fingerprint density at radius 3 is 2.74 bits per heavy atom. The smallest absolute Gasteiger partial charge is 0.251 e. The summed E-state index contributed by atoms with van der Waals surface area (Å²) in [7, 11) is 1.66. The molecule has 5 heteroatoms. The maximum atomic E-state index is 11.9. The predicted octanol–water partition coefficient (Wildman–Crippen LogP) is 1.77. The number of benzene rings is 1. The lowest BCUT2D eigenvalue weighted by atomic mass is 9.89. The van der Waals surface area contributed by atoms with Crippen LogP contribution in [0.2, 0.25) is 0 Å². The highest BCUT2D eigenvalue weighted by atomic mass is 16.5. The first-order valence-corrected chi connectivity index (χ1v) is 6.21. The maximum absolute atomic E-state index is 11.9. The Hall–Kier alpha value is -1.75. The molecule has 106 valence electrons. The number of nitrogens with one attached hydrogen (secondary N) is 1. The van der Waals surface area contributed by atoms with Gasteiger partial charge in [0.2, 0.25) is 0 Å². The normalized spacial score (nSPS) is 11.3. The van der Waals surface area contributed by atoms with Crippen molar-refractivity contribution in [2.75, 3.05) is 26.0 Å². The number of hydrogen-bond acceptors (Lipinski definition) is 4. The van der Waals surface area contributed by atoms with Crippen molar-refractivity contribution < 1.29 is 14.6 Å². The first-order chi connectivity index (χ1) is 8.85. The van der Waals surface area contributed by atoms with Crippen LogP contribution in [0.5, 0.6) is 5.75 Å². The molecular weight excluding hydrogens is 244 g/mol. The molecule has 0 atom stereocenters. The quantitative estimate of drug-likeness (QED) is 0.541. The molecule has 1 amide bonds. The fourth-order valence-electron chi connectivity index (χ4n) is 1.57. The van der Waals surface area contributed by atoms with E-state index in [0.29, 0.717) is 18.7 Å². The van der Waals surface area contributed by atoms with Crippen molar-refractivity contribution >= 4 is 11.6 Å². The summed E-state index contributed by atoms with van der Waals surface area (Å²) in [4.78, 5) is 11.9. The van der Waals surface area contributed by atoms with E-state index in [1.54, 1.807) is 13.2 Å². The van der Waals surface area contributed by atoms with E-state index in [0.717, 1.165) is 6.42 Å². The third-order valence-electron chi connectivity index (χ3n) is 3.00. The zero-order valence-electron chi connectivity index (χ0n) is 11.7. The largest absolute Gasteiger partial charge is 0.506 e. The van der Waals surface area contributed by atoms with Gasteiger partial charge in [0.15, 0.2) is 0 Å². The van der Waals surface area contributed by atoms with Gasteiger partial charge in [-0.3, -0.25) is 4.79 Å². The molecule has 0 saturated heterocycles. The molecule has 0 unspecified atom stereocenters. The number of nitrogen functional groups attached to an aromatic ring is 1. The van der Waals surface area contributed by atoms with Gasteiger partial charge in [0.05, 0.1) is 5.69 Å². The molecule has 0 fully saturated rings. The Labute approximate surface area is 113 Å². The molecule has 1 aromatic rings. The second-order valence-electron chi connectivity index (χ2n) is 5.36. The molecular formula is C14H22N2O3. The first kappa shape index (κ1) is 15.3. The van der Waals surface area contributed by atoms with Gasteiger partial charge in [0, 0.05) is 25.8 Å². The SMILES string of the molecule is COCCC(C)(C)CNC(=O)c1ccc(N)c(O)c1. The summed E-state index contributed by atoms with van der Waals surface area (Å²) in [5, 5.41) is 12.3. The third-order valence-corrected chi connectivity index (χ3v) is 3.00. The van der Waals surface area contributed by atoms with E-state index in [1.807, 2.05) is 0 Å². The number of phenolic OH excluding ortho intramolecular Hbond substituents is 1. The Balaban J connectivity index is 2.57. The van der Waals surface area contributed by atoms with E-state index >= 15 is 0 Å². The number of rotatable bonds is 6. The summed E-state index contributed by atoms with van der Waals surface area (Å²) in [6, 6.07) is 4.47. The summed E-state index contributed by atoms with van der Waals surface area (Å²) >= 11 is 0. The third kappa shape index (κ3) is 4.79. The van der Waals surface area contributed by atoms with Crippen LogP contribution in [0.4, 0.5) is 5.69 Å². The second-order valence-corrected chi connectivity index (χ2v) is 5.36. The molecule has 0 aliphatic heterocycles. The van der Waals surface area contributed by atoms with E-state index in [1.165, 1.54) is 12.1 Å². The molecule has 0 radical (unpaired) electrons. The van der Waals surface area contributed by atoms with Crippen molar-refractivity contribution in [3.8, 4) is 5.75 Å². The van der Waals surface area contributed by atoms with Crippen LogP contribution in [0, 0.1) is 5.41 Å². The van der Waals surface area contributed by atoms with Crippen molar-refractivity contribution in [2.45, 2.75) is 20.3 Å². The fourth-order valence-corrected chi connectivity index (χ4v) is 1.57. The molecule has 1 aromatic carbocycles. The zero-order chi connectivity index (χ0) is 14.5. The molecule has 0 aromatic heterocycles. The molecule has 0 heterocycles. The minimum absolute atomic E-state index is 0.0402. The summed E-state index contributed by atoms with van der Waals surface area (Å²) in [5.74, 6) is -0.299. The van der Waals surface area contributed by atoms with Crippen LogP contribution in [0.15, 0.2) is 18.2 Å². The molecule has 1 rings (SSSR count). The van der Waals surface area contributed by atoms with Gasteiger partial charge in [0.25, 0.3) is 5.91 Å². The highest BCUT2D eigenvalue weighted by molar-refractivity contribution is 5.95. The predicted molar refractivity (Wildman–Crippen MR) is 75.1 cm³/mol. The number of methoxy groups -OCH3 is 1. The van der Waals surface area contributed by atoms with E-state index in [-0.39, 0.29) is 22.8 Å². The zero-order valence-corrected chi connectivity index (χ0v) is 11.7. The van der Waals surface area contributed by atoms with Crippen LogP contribution in [0.25, 0.3) is 0 Å². The highest BCUT2D eigenvalue weighted by Gasteiger charge is 2.19. The Bertz CT molecular complexity index is 444. The molecule has 0 aliphatic rings. The number of ether oxygens (including phenoxy) is 1. The lowest BCUT2D eigenvalue weighted by Crippen LogP contribution is -2.34.